The van der Waals surface area contributed by atoms with Crippen molar-refractivity contribution in [3.63, 3.8) is 0 Å². The molecule has 0 saturated heterocycles. The normalized spacial score (nSPS) is 10.9. The highest BCUT2D eigenvalue weighted by Gasteiger charge is 2.04. The fourth-order valence-electron chi connectivity index (χ4n) is 3.36. The zero-order valence-corrected chi connectivity index (χ0v) is 15.7. The molecule has 0 fully saturated rings. The van der Waals surface area contributed by atoms with E-state index in [9.17, 15) is 0 Å². The topological polar surface area (TPSA) is 0 Å². The summed E-state index contributed by atoms with van der Waals surface area (Å²) >= 11 is 0. The molecule has 24 heavy (non-hydrogen) atoms. The standard InChI is InChI=1S/C24H34/c1-3-5-7-10-14-21-18-22(15-11-8-6-4-2)20-24(19-21)23-16-12-9-13-17-23/h9,12-13,16-20H,3-8,10-11,14-15H2,1-2H3. The molecule has 0 N–H and O–H groups in total. The minimum Gasteiger partial charge on any atom is -0.0654 e. The average Bonchev–Trinajstić information content (AvgIpc) is 2.63. The Morgan fingerprint density at radius 3 is 1.58 bits per heavy atom. The zero-order chi connectivity index (χ0) is 17.0. The van der Waals surface area contributed by atoms with Crippen LogP contribution in [0.4, 0.5) is 0 Å². The van der Waals surface area contributed by atoms with Crippen LogP contribution in [0.25, 0.3) is 11.1 Å². The van der Waals surface area contributed by atoms with E-state index in [-0.39, 0.29) is 0 Å². The van der Waals surface area contributed by atoms with Crippen molar-refractivity contribution in [1.29, 1.82) is 0 Å². The van der Waals surface area contributed by atoms with Crippen molar-refractivity contribution in [2.24, 2.45) is 0 Å². The number of unbranched alkanes of at least 4 members (excludes halogenated alkanes) is 6. The van der Waals surface area contributed by atoms with Crippen LogP contribution >= 0.6 is 0 Å². The Morgan fingerprint density at radius 2 is 1.08 bits per heavy atom. The van der Waals surface area contributed by atoms with Gasteiger partial charge in [0.15, 0.2) is 0 Å². The van der Waals surface area contributed by atoms with Gasteiger partial charge in [0, 0.05) is 0 Å². The Balaban J connectivity index is 2.10. The van der Waals surface area contributed by atoms with E-state index in [0.29, 0.717) is 0 Å². The van der Waals surface area contributed by atoms with Crippen molar-refractivity contribution in [2.75, 3.05) is 0 Å². The molecule has 0 aromatic heterocycles. The molecular weight excluding hydrogens is 288 g/mol. The predicted octanol–water partition coefficient (Wildman–Crippen LogP) is 7.60. The van der Waals surface area contributed by atoms with E-state index in [0.717, 1.165) is 0 Å². The fraction of sp³-hybridized carbons (Fsp3) is 0.500. The lowest BCUT2D eigenvalue weighted by Crippen LogP contribution is -1.93. The van der Waals surface area contributed by atoms with Crippen molar-refractivity contribution in [3.8, 4) is 11.1 Å². The molecule has 0 aliphatic heterocycles. The molecule has 0 atom stereocenters. The van der Waals surface area contributed by atoms with E-state index in [4.69, 9.17) is 0 Å². The summed E-state index contributed by atoms with van der Waals surface area (Å²) in [6.07, 6.45) is 13.2. The highest BCUT2D eigenvalue weighted by molar-refractivity contribution is 5.65. The van der Waals surface area contributed by atoms with Gasteiger partial charge in [-0.1, -0.05) is 101 Å². The van der Waals surface area contributed by atoms with Crippen molar-refractivity contribution in [3.05, 3.63) is 59.7 Å². The maximum absolute atomic E-state index is 2.46. The maximum Gasteiger partial charge on any atom is -0.0179 e. The summed E-state index contributed by atoms with van der Waals surface area (Å²) in [6, 6.07) is 18.1. The van der Waals surface area contributed by atoms with E-state index in [1.54, 1.807) is 0 Å². The molecule has 0 aliphatic carbocycles. The van der Waals surface area contributed by atoms with Crippen molar-refractivity contribution >= 4 is 0 Å². The number of hydrogen-bond donors (Lipinski definition) is 0. The summed E-state index contributed by atoms with van der Waals surface area (Å²) in [7, 11) is 0. The molecule has 0 saturated carbocycles. The third kappa shape index (κ3) is 6.51. The second-order valence-electron chi connectivity index (χ2n) is 7.03. The molecule has 0 bridgehead atoms. The Labute approximate surface area is 149 Å². The third-order valence-electron chi connectivity index (χ3n) is 4.80. The molecule has 2 rings (SSSR count). The van der Waals surface area contributed by atoms with Crippen molar-refractivity contribution in [1.82, 2.24) is 0 Å². The van der Waals surface area contributed by atoms with Gasteiger partial charge in [-0.25, -0.2) is 0 Å². The third-order valence-corrected chi connectivity index (χ3v) is 4.80. The number of benzene rings is 2. The second-order valence-corrected chi connectivity index (χ2v) is 7.03. The van der Waals surface area contributed by atoms with Crippen LogP contribution in [0.5, 0.6) is 0 Å². The fourth-order valence-corrected chi connectivity index (χ4v) is 3.36. The highest BCUT2D eigenvalue weighted by atomic mass is 14.1. The largest absolute Gasteiger partial charge is 0.0654 e. The minimum absolute atomic E-state index is 1.22. The van der Waals surface area contributed by atoms with Crippen LogP contribution in [0.2, 0.25) is 0 Å². The summed E-state index contributed by atoms with van der Waals surface area (Å²) in [4.78, 5) is 0. The summed E-state index contributed by atoms with van der Waals surface area (Å²) in [5.41, 5.74) is 5.80. The van der Waals surface area contributed by atoms with Gasteiger partial charge in [0.05, 0.1) is 0 Å². The average molecular weight is 323 g/mol. The lowest BCUT2D eigenvalue weighted by Gasteiger charge is -2.11. The number of aryl methyl sites for hydroxylation is 2. The molecule has 0 heterocycles. The van der Waals surface area contributed by atoms with Crippen LogP contribution in [0.15, 0.2) is 48.5 Å². The molecule has 2 aromatic carbocycles. The first-order valence-corrected chi connectivity index (χ1v) is 10.0. The molecule has 2 aromatic rings. The maximum atomic E-state index is 2.46. The number of rotatable bonds is 11. The number of hydrogen-bond acceptors (Lipinski definition) is 0. The zero-order valence-electron chi connectivity index (χ0n) is 15.7. The molecule has 0 radical (unpaired) electrons. The molecule has 0 nitrogen and oxygen atoms in total. The lowest BCUT2D eigenvalue weighted by atomic mass is 9.95. The minimum atomic E-state index is 1.22. The van der Waals surface area contributed by atoms with Crippen molar-refractivity contribution in [2.45, 2.75) is 78.1 Å². The van der Waals surface area contributed by atoms with E-state index < -0.39 is 0 Å². The smallest absolute Gasteiger partial charge is 0.0179 e. The van der Waals surface area contributed by atoms with E-state index >= 15 is 0 Å². The predicted molar refractivity (Wildman–Crippen MR) is 108 cm³/mol. The first-order valence-electron chi connectivity index (χ1n) is 10.0. The summed E-state index contributed by atoms with van der Waals surface area (Å²) in [6.45, 7) is 4.56. The van der Waals surface area contributed by atoms with Crippen LogP contribution < -0.4 is 0 Å². The molecule has 0 amide bonds. The molecule has 0 heteroatoms. The van der Waals surface area contributed by atoms with Gasteiger partial charge in [-0.15, -0.1) is 0 Å². The molecule has 0 spiro atoms. The highest BCUT2D eigenvalue weighted by Crippen LogP contribution is 2.24. The first kappa shape index (κ1) is 18.8. The van der Waals surface area contributed by atoms with Crippen LogP contribution in [0, 0.1) is 0 Å². The van der Waals surface area contributed by atoms with Gasteiger partial charge in [0.25, 0.3) is 0 Å². The van der Waals surface area contributed by atoms with Gasteiger partial charge in [0.2, 0.25) is 0 Å². The summed E-state index contributed by atoms with van der Waals surface area (Å²) < 4.78 is 0. The SMILES string of the molecule is CCCCCCc1cc(CCCCCC)cc(-c2ccccc2)c1. The monoisotopic (exact) mass is 322 g/mol. The quantitative estimate of drug-likeness (QED) is 0.374. The Kier molecular flexibility index (Phi) is 8.66. The Morgan fingerprint density at radius 1 is 0.542 bits per heavy atom. The van der Waals surface area contributed by atoms with Gasteiger partial charge < -0.3 is 0 Å². The molecule has 0 unspecified atom stereocenters. The Bertz CT molecular complexity index is 538. The van der Waals surface area contributed by atoms with E-state index in [1.165, 1.54) is 86.5 Å². The van der Waals surface area contributed by atoms with Crippen LogP contribution in [0.1, 0.15) is 76.3 Å². The molecule has 0 aliphatic rings. The summed E-state index contributed by atoms with van der Waals surface area (Å²) in [5, 5.41) is 0. The lowest BCUT2D eigenvalue weighted by molar-refractivity contribution is 0.661. The van der Waals surface area contributed by atoms with Crippen LogP contribution in [-0.2, 0) is 12.8 Å². The molecule has 130 valence electrons. The van der Waals surface area contributed by atoms with Gasteiger partial charge in [0.1, 0.15) is 0 Å². The summed E-state index contributed by atoms with van der Waals surface area (Å²) in [5.74, 6) is 0. The van der Waals surface area contributed by atoms with Gasteiger partial charge in [-0.3, -0.25) is 0 Å². The van der Waals surface area contributed by atoms with E-state index in [2.05, 4.69) is 62.4 Å². The molecular formula is C24H34. The van der Waals surface area contributed by atoms with Gasteiger partial charge in [-0.2, -0.15) is 0 Å². The van der Waals surface area contributed by atoms with Crippen molar-refractivity contribution < 1.29 is 0 Å². The van der Waals surface area contributed by atoms with Crippen LogP contribution in [-0.4, -0.2) is 0 Å². The first-order chi connectivity index (χ1) is 11.8. The van der Waals surface area contributed by atoms with Gasteiger partial charge >= 0.3 is 0 Å². The second kappa shape index (κ2) is 11.1. The van der Waals surface area contributed by atoms with Crippen LogP contribution in [0.3, 0.4) is 0 Å². The Hall–Kier alpha value is -1.56. The van der Waals surface area contributed by atoms with E-state index in [1.807, 2.05) is 0 Å². The van der Waals surface area contributed by atoms with Gasteiger partial charge in [-0.05, 0) is 47.9 Å².